The Kier molecular flexibility index (Phi) is 5.92. The summed E-state index contributed by atoms with van der Waals surface area (Å²) in [5.41, 5.74) is 1.07. The minimum Gasteiger partial charge on any atom is -0.480 e. The highest BCUT2D eigenvalue weighted by atomic mass is 16.4. The van der Waals surface area contributed by atoms with Crippen LogP contribution in [0.15, 0.2) is 21.2 Å². The van der Waals surface area contributed by atoms with Gasteiger partial charge in [-0.1, -0.05) is 11.6 Å². The third-order valence-corrected chi connectivity index (χ3v) is 5.26. The van der Waals surface area contributed by atoms with Gasteiger partial charge in [0.05, 0.1) is 6.54 Å². The van der Waals surface area contributed by atoms with Crippen LogP contribution in [0.5, 0.6) is 0 Å². The van der Waals surface area contributed by atoms with Gasteiger partial charge in [0, 0.05) is 39.8 Å². The van der Waals surface area contributed by atoms with Gasteiger partial charge in [-0.25, -0.2) is 4.79 Å². The molecule has 1 fully saturated rings. The number of aryl methyl sites for hydroxylation is 1. The maximum atomic E-state index is 12.9. The molecule has 10 nitrogen and oxygen atoms in total. The highest BCUT2D eigenvalue weighted by molar-refractivity contribution is 5.74. The van der Waals surface area contributed by atoms with Crippen LogP contribution in [0.3, 0.4) is 0 Å². The zero-order valence-electron chi connectivity index (χ0n) is 17.3. The number of aliphatic carboxylic acids is 1. The van der Waals surface area contributed by atoms with Crippen molar-refractivity contribution in [3.63, 3.8) is 0 Å². The van der Waals surface area contributed by atoms with Crippen molar-refractivity contribution in [1.82, 2.24) is 24.0 Å². The average Bonchev–Trinajstić information content (AvgIpc) is 3.07. The van der Waals surface area contributed by atoms with Gasteiger partial charge < -0.3 is 19.9 Å². The number of carboxylic acid groups (broad SMARTS) is 1. The summed E-state index contributed by atoms with van der Waals surface area (Å²) in [4.78, 5) is 42.8. The number of piperidine rings is 1. The molecule has 2 N–H and O–H groups in total. The summed E-state index contributed by atoms with van der Waals surface area (Å²) < 4.78 is 4.34. The van der Waals surface area contributed by atoms with Gasteiger partial charge in [0.1, 0.15) is 0 Å². The first-order valence-electron chi connectivity index (χ1n) is 9.70. The molecular weight excluding hydrogens is 376 g/mol. The minimum atomic E-state index is -0.892. The number of rotatable bonds is 6. The largest absolute Gasteiger partial charge is 0.480 e. The molecule has 1 aliphatic heterocycles. The van der Waals surface area contributed by atoms with Crippen LogP contribution in [-0.2, 0) is 25.4 Å². The van der Waals surface area contributed by atoms with Crippen LogP contribution in [0.2, 0.25) is 0 Å². The van der Waals surface area contributed by atoms with E-state index in [0.29, 0.717) is 30.2 Å². The molecule has 3 rings (SSSR count). The van der Waals surface area contributed by atoms with Crippen molar-refractivity contribution < 1.29 is 9.90 Å². The van der Waals surface area contributed by atoms with E-state index in [4.69, 9.17) is 5.11 Å². The Morgan fingerprint density at radius 2 is 2.00 bits per heavy atom. The fourth-order valence-electron chi connectivity index (χ4n) is 3.68. The standard InChI is InChI=1S/C19H28N6O4/c1-12(2)7-9-25-15-16(22(3)19(29)23(4)17(15)28)21-18(25)24-8-5-6-13(11-24)20-10-14(26)27/h7,13,20H,5-6,8-11H2,1-4H3,(H,26,27). The van der Waals surface area contributed by atoms with Crippen molar-refractivity contribution in [3.05, 3.63) is 32.5 Å². The summed E-state index contributed by atoms with van der Waals surface area (Å²) in [6.07, 6.45) is 3.76. The molecule has 10 heteroatoms. The molecular formula is C19H28N6O4. The van der Waals surface area contributed by atoms with E-state index in [1.807, 2.05) is 24.5 Å². The molecule has 0 radical (unpaired) electrons. The number of aromatic nitrogens is 4. The molecule has 0 spiro atoms. The summed E-state index contributed by atoms with van der Waals surface area (Å²) in [5.74, 6) is -0.269. The Balaban J connectivity index is 2.10. The molecule has 0 saturated carbocycles. The van der Waals surface area contributed by atoms with Gasteiger partial charge in [-0.15, -0.1) is 0 Å². The smallest absolute Gasteiger partial charge is 0.332 e. The second-order valence-corrected chi connectivity index (χ2v) is 7.74. The van der Waals surface area contributed by atoms with E-state index < -0.39 is 11.7 Å². The van der Waals surface area contributed by atoms with Crippen LogP contribution in [0.25, 0.3) is 11.2 Å². The van der Waals surface area contributed by atoms with E-state index in [1.54, 1.807) is 7.05 Å². The summed E-state index contributed by atoms with van der Waals surface area (Å²) >= 11 is 0. The topological polar surface area (TPSA) is 114 Å². The Bertz CT molecular complexity index is 1070. The van der Waals surface area contributed by atoms with Gasteiger partial charge in [0.15, 0.2) is 11.2 Å². The monoisotopic (exact) mass is 404 g/mol. The lowest BCUT2D eigenvalue weighted by Crippen LogP contribution is -2.48. The van der Waals surface area contributed by atoms with Crippen LogP contribution >= 0.6 is 0 Å². The fraction of sp³-hybridized carbons (Fsp3) is 0.579. The lowest BCUT2D eigenvalue weighted by Gasteiger charge is -2.33. The number of hydrogen-bond donors (Lipinski definition) is 2. The molecule has 0 bridgehead atoms. The van der Waals surface area contributed by atoms with E-state index >= 15 is 0 Å². The highest BCUT2D eigenvalue weighted by Gasteiger charge is 2.26. The van der Waals surface area contributed by atoms with Crippen molar-refractivity contribution in [3.8, 4) is 0 Å². The summed E-state index contributed by atoms with van der Waals surface area (Å²) in [7, 11) is 3.08. The summed E-state index contributed by atoms with van der Waals surface area (Å²) in [5, 5.41) is 12.0. The van der Waals surface area contributed by atoms with E-state index in [9.17, 15) is 14.4 Å². The Morgan fingerprint density at radius 1 is 1.28 bits per heavy atom. The molecule has 1 aliphatic rings. The Hall–Kier alpha value is -2.88. The van der Waals surface area contributed by atoms with Crippen molar-refractivity contribution >= 4 is 23.1 Å². The molecule has 2 aromatic rings. The molecule has 29 heavy (non-hydrogen) atoms. The van der Waals surface area contributed by atoms with Crippen molar-refractivity contribution in [2.45, 2.75) is 39.3 Å². The lowest BCUT2D eigenvalue weighted by atomic mass is 10.1. The number of carbonyl (C=O) groups is 1. The van der Waals surface area contributed by atoms with Crippen molar-refractivity contribution in [2.75, 3.05) is 24.5 Å². The predicted octanol–water partition coefficient (Wildman–Crippen LogP) is 0.0429. The number of carboxylic acids is 1. The summed E-state index contributed by atoms with van der Waals surface area (Å²) in [6.45, 7) is 5.67. The van der Waals surface area contributed by atoms with Crippen LogP contribution in [0.4, 0.5) is 5.95 Å². The van der Waals surface area contributed by atoms with Crippen LogP contribution < -0.4 is 21.5 Å². The lowest BCUT2D eigenvalue weighted by molar-refractivity contribution is -0.136. The van der Waals surface area contributed by atoms with Gasteiger partial charge in [0.2, 0.25) is 5.95 Å². The molecule has 0 amide bonds. The molecule has 2 aromatic heterocycles. The molecule has 0 aliphatic carbocycles. The second-order valence-electron chi connectivity index (χ2n) is 7.74. The summed E-state index contributed by atoms with van der Waals surface area (Å²) in [6, 6.07) is 0.0169. The number of nitrogens with zero attached hydrogens (tertiary/aromatic N) is 5. The van der Waals surface area contributed by atoms with Crippen LogP contribution in [0, 0.1) is 0 Å². The number of nitrogens with one attached hydrogen (secondary N) is 1. The number of hydrogen-bond acceptors (Lipinski definition) is 6. The molecule has 1 saturated heterocycles. The zero-order valence-corrected chi connectivity index (χ0v) is 17.3. The average molecular weight is 404 g/mol. The van der Waals surface area contributed by atoms with Gasteiger partial charge in [-0.05, 0) is 26.7 Å². The minimum absolute atomic E-state index is 0.0169. The van der Waals surface area contributed by atoms with Gasteiger partial charge in [0.25, 0.3) is 5.56 Å². The quantitative estimate of drug-likeness (QED) is 0.654. The molecule has 1 unspecified atom stereocenters. The third-order valence-electron chi connectivity index (χ3n) is 5.26. The highest BCUT2D eigenvalue weighted by Crippen LogP contribution is 2.23. The van der Waals surface area contributed by atoms with Crippen molar-refractivity contribution in [2.24, 2.45) is 14.1 Å². The number of allylic oxidation sites excluding steroid dienone is 2. The first-order chi connectivity index (χ1) is 13.7. The molecule has 158 valence electrons. The van der Waals surface area contributed by atoms with E-state index in [0.717, 1.165) is 29.5 Å². The number of fused-ring (bicyclic) bond motifs is 1. The third kappa shape index (κ3) is 4.12. The number of anilines is 1. The normalized spacial score (nSPS) is 17.0. The molecule has 1 atom stereocenters. The first kappa shape index (κ1) is 20.8. The Morgan fingerprint density at radius 3 is 2.66 bits per heavy atom. The fourth-order valence-corrected chi connectivity index (χ4v) is 3.68. The van der Waals surface area contributed by atoms with E-state index in [-0.39, 0.29) is 18.1 Å². The predicted molar refractivity (Wildman–Crippen MR) is 111 cm³/mol. The first-order valence-corrected chi connectivity index (χ1v) is 9.70. The SMILES string of the molecule is CC(C)=CCn1c(N2CCCC(NCC(=O)O)C2)nc2c1c(=O)n(C)c(=O)n2C. The maximum Gasteiger partial charge on any atom is 0.332 e. The van der Waals surface area contributed by atoms with Crippen molar-refractivity contribution in [1.29, 1.82) is 0 Å². The van der Waals surface area contributed by atoms with Gasteiger partial charge in [-0.2, -0.15) is 4.98 Å². The van der Waals surface area contributed by atoms with Crippen LogP contribution in [0.1, 0.15) is 26.7 Å². The van der Waals surface area contributed by atoms with Gasteiger partial charge in [-0.3, -0.25) is 18.7 Å². The molecule has 0 aromatic carbocycles. The van der Waals surface area contributed by atoms with E-state index in [1.165, 1.54) is 11.6 Å². The van der Waals surface area contributed by atoms with Gasteiger partial charge >= 0.3 is 11.7 Å². The zero-order chi connectivity index (χ0) is 21.3. The molecule has 3 heterocycles. The number of imidazole rings is 1. The maximum absolute atomic E-state index is 12.9. The second kappa shape index (κ2) is 8.24. The van der Waals surface area contributed by atoms with E-state index in [2.05, 4.69) is 15.2 Å². The Labute approximate surface area is 168 Å². The van der Waals surface area contributed by atoms with Crippen LogP contribution in [-0.4, -0.2) is 55.4 Å².